The number of nitrogen functional groups attached to an aromatic ring is 1. The van der Waals surface area contributed by atoms with Crippen molar-refractivity contribution in [1.29, 1.82) is 0 Å². The lowest BCUT2D eigenvalue weighted by Crippen LogP contribution is -2.52. The predicted molar refractivity (Wildman–Crippen MR) is 71.2 cm³/mol. The van der Waals surface area contributed by atoms with Crippen molar-refractivity contribution >= 4 is 11.6 Å². The molecule has 1 unspecified atom stereocenters. The lowest BCUT2D eigenvalue weighted by Gasteiger charge is -2.34. The van der Waals surface area contributed by atoms with Crippen LogP contribution in [-0.2, 0) is 16.0 Å². The van der Waals surface area contributed by atoms with E-state index in [2.05, 4.69) is 5.32 Å². The molecule has 0 radical (unpaired) electrons. The number of carbonyl (C=O) groups is 1. The van der Waals surface area contributed by atoms with Crippen LogP contribution in [0.2, 0.25) is 0 Å². The molecule has 4 heteroatoms. The lowest BCUT2D eigenvalue weighted by atomic mass is 9.94. The van der Waals surface area contributed by atoms with Crippen molar-refractivity contribution in [3.8, 4) is 0 Å². The monoisotopic (exact) mass is 248 g/mol. The van der Waals surface area contributed by atoms with E-state index >= 15 is 0 Å². The second-order valence-electron chi connectivity index (χ2n) is 5.14. The molecule has 0 saturated carbocycles. The van der Waals surface area contributed by atoms with E-state index in [1.165, 1.54) is 0 Å². The van der Waals surface area contributed by atoms with Crippen LogP contribution in [-0.4, -0.2) is 24.7 Å². The molecule has 1 aromatic carbocycles. The van der Waals surface area contributed by atoms with Gasteiger partial charge >= 0.3 is 0 Å². The number of nitrogens with two attached hydrogens (primary N) is 1. The Kier molecular flexibility index (Phi) is 3.87. The highest BCUT2D eigenvalue weighted by Crippen LogP contribution is 2.19. The SMILES string of the molecule is CC1(NC(=O)Cc2ccccc2N)CCCOC1. The Morgan fingerprint density at radius 1 is 1.50 bits per heavy atom. The van der Waals surface area contributed by atoms with E-state index in [4.69, 9.17) is 10.5 Å². The van der Waals surface area contributed by atoms with Gasteiger partial charge in [0.1, 0.15) is 0 Å². The van der Waals surface area contributed by atoms with Crippen LogP contribution in [0.15, 0.2) is 24.3 Å². The number of para-hydroxylation sites is 1. The first-order chi connectivity index (χ1) is 8.59. The summed E-state index contributed by atoms with van der Waals surface area (Å²) in [4.78, 5) is 12.0. The number of amides is 1. The number of anilines is 1. The van der Waals surface area contributed by atoms with Crippen LogP contribution in [0.1, 0.15) is 25.3 Å². The molecule has 1 heterocycles. The number of benzene rings is 1. The molecule has 18 heavy (non-hydrogen) atoms. The molecule has 1 saturated heterocycles. The fraction of sp³-hybridized carbons (Fsp3) is 0.500. The van der Waals surface area contributed by atoms with Gasteiger partial charge in [0.25, 0.3) is 0 Å². The normalized spacial score (nSPS) is 23.6. The van der Waals surface area contributed by atoms with E-state index in [1.807, 2.05) is 31.2 Å². The summed E-state index contributed by atoms with van der Waals surface area (Å²) in [7, 11) is 0. The molecule has 3 N–H and O–H groups in total. The van der Waals surface area contributed by atoms with Gasteiger partial charge in [-0.25, -0.2) is 0 Å². The third kappa shape index (κ3) is 3.23. The van der Waals surface area contributed by atoms with Gasteiger partial charge in [-0.15, -0.1) is 0 Å². The average Bonchev–Trinajstić information content (AvgIpc) is 2.32. The van der Waals surface area contributed by atoms with Crippen LogP contribution >= 0.6 is 0 Å². The maximum absolute atomic E-state index is 12.0. The molecule has 1 aliphatic rings. The molecular weight excluding hydrogens is 228 g/mol. The van der Waals surface area contributed by atoms with Gasteiger partial charge in [0.15, 0.2) is 0 Å². The van der Waals surface area contributed by atoms with Gasteiger partial charge in [-0.05, 0) is 31.4 Å². The fourth-order valence-electron chi connectivity index (χ4n) is 2.28. The van der Waals surface area contributed by atoms with Gasteiger partial charge in [-0.1, -0.05) is 18.2 Å². The molecule has 1 aliphatic heterocycles. The Labute approximate surface area is 108 Å². The van der Waals surface area contributed by atoms with Gasteiger partial charge in [-0.3, -0.25) is 4.79 Å². The average molecular weight is 248 g/mol. The second-order valence-corrected chi connectivity index (χ2v) is 5.14. The zero-order valence-corrected chi connectivity index (χ0v) is 10.7. The summed E-state index contributed by atoms with van der Waals surface area (Å²) in [5.74, 6) is 0.000833. The number of ether oxygens (including phenoxy) is 1. The van der Waals surface area contributed by atoms with Crippen molar-refractivity contribution in [3.63, 3.8) is 0 Å². The van der Waals surface area contributed by atoms with Crippen LogP contribution in [0.5, 0.6) is 0 Å². The van der Waals surface area contributed by atoms with Crippen molar-refractivity contribution in [1.82, 2.24) is 5.32 Å². The third-order valence-electron chi connectivity index (χ3n) is 3.29. The van der Waals surface area contributed by atoms with Crippen molar-refractivity contribution < 1.29 is 9.53 Å². The number of carbonyl (C=O) groups excluding carboxylic acids is 1. The fourth-order valence-corrected chi connectivity index (χ4v) is 2.28. The van der Waals surface area contributed by atoms with Crippen LogP contribution in [0, 0.1) is 0 Å². The summed E-state index contributed by atoms with van der Waals surface area (Å²) < 4.78 is 5.42. The maximum Gasteiger partial charge on any atom is 0.224 e. The highest BCUT2D eigenvalue weighted by atomic mass is 16.5. The van der Waals surface area contributed by atoms with Gasteiger partial charge in [0, 0.05) is 12.3 Å². The first-order valence-corrected chi connectivity index (χ1v) is 6.31. The van der Waals surface area contributed by atoms with Crippen molar-refractivity contribution in [2.45, 2.75) is 31.7 Å². The minimum absolute atomic E-state index is 0.000833. The first-order valence-electron chi connectivity index (χ1n) is 6.31. The third-order valence-corrected chi connectivity index (χ3v) is 3.29. The summed E-state index contributed by atoms with van der Waals surface area (Å²) in [6, 6.07) is 7.46. The Balaban J connectivity index is 1.94. The summed E-state index contributed by atoms with van der Waals surface area (Å²) in [5, 5.41) is 3.05. The second kappa shape index (κ2) is 5.40. The number of nitrogens with one attached hydrogen (secondary N) is 1. The van der Waals surface area contributed by atoms with E-state index in [1.54, 1.807) is 0 Å². The molecule has 0 aliphatic carbocycles. The Morgan fingerprint density at radius 2 is 2.28 bits per heavy atom. The molecule has 1 aromatic rings. The van der Waals surface area contributed by atoms with E-state index < -0.39 is 0 Å². The number of hydrogen-bond donors (Lipinski definition) is 2. The standard InChI is InChI=1S/C14H20N2O2/c1-14(7-4-8-18-10-14)16-13(17)9-11-5-2-3-6-12(11)15/h2-3,5-6H,4,7-10,15H2,1H3,(H,16,17). The van der Waals surface area contributed by atoms with E-state index in [0.29, 0.717) is 18.7 Å². The zero-order valence-electron chi connectivity index (χ0n) is 10.7. The first kappa shape index (κ1) is 12.9. The molecule has 0 bridgehead atoms. The maximum atomic E-state index is 12.0. The Bertz CT molecular complexity index is 426. The molecule has 1 amide bonds. The number of hydrogen-bond acceptors (Lipinski definition) is 3. The molecule has 98 valence electrons. The minimum Gasteiger partial charge on any atom is -0.398 e. The van der Waals surface area contributed by atoms with E-state index in [0.717, 1.165) is 25.0 Å². The van der Waals surface area contributed by atoms with Crippen molar-refractivity contribution in [2.75, 3.05) is 18.9 Å². The molecule has 4 nitrogen and oxygen atoms in total. The molecule has 0 aromatic heterocycles. The van der Waals surface area contributed by atoms with Gasteiger partial charge in [-0.2, -0.15) is 0 Å². The van der Waals surface area contributed by atoms with Crippen LogP contribution < -0.4 is 11.1 Å². The summed E-state index contributed by atoms with van der Waals surface area (Å²) in [6.45, 7) is 3.40. The quantitative estimate of drug-likeness (QED) is 0.797. The Hall–Kier alpha value is -1.55. The largest absolute Gasteiger partial charge is 0.398 e. The van der Waals surface area contributed by atoms with Gasteiger partial charge in [0.2, 0.25) is 5.91 Å². The van der Waals surface area contributed by atoms with Crippen LogP contribution in [0.3, 0.4) is 0 Å². The van der Waals surface area contributed by atoms with Crippen molar-refractivity contribution in [3.05, 3.63) is 29.8 Å². The van der Waals surface area contributed by atoms with E-state index in [9.17, 15) is 4.79 Å². The summed E-state index contributed by atoms with van der Waals surface area (Å²) >= 11 is 0. The number of rotatable bonds is 3. The smallest absolute Gasteiger partial charge is 0.224 e. The highest BCUT2D eigenvalue weighted by Gasteiger charge is 2.29. The van der Waals surface area contributed by atoms with Gasteiger partial charge < -0.3 is 15.8 Å². The van der Waals surface area contributed by atoms with E-state index in [-0.39, 0.29) is 11.4 Å². The topological polar surface area (TPSA) is 64.4 Å². The van der Waals surface area contributed by atoms with Gasteiger partial charge in [0.05, 0.1) is 18.6 Å². The summed E-state index contributed by atoms with van der Waals surface area (Å²) in [5.41, 5.74) is 7.13. The zero-order chi connectivity index (χ0) is 13.0. The lowest BCUT2D eigenvalue weighted by molar-refractivity contribution is -0.123. The van der Waals surface area contributed by atoms with Crippen LogP contribution in [0.4, 0.5) is 5.69 Å². The Morgan fingerprint density at radius 3 is 2.94 bits per heavy atom. The highest BCUT2D eigenvalue weighted by molar-refractivity contribution is 5.80. The molecule has 1 atom stereocenters. The minimum atomic E-state index is -0.237. The summed E-state index contributed by atoms with van der Waals surface area (Å²) in [6.07, 6.45) is 2.27. The van der Waals surface area contributed by atoms with Crippen LogP contribution in [0.25, 0.3) is 0 Å². The molecular formula is C14H20N2O2. The molecule has 1 fully saturated rings. The predicted octanol–water partition coefficient (Wildman–Crippen LogP) is 1.50. The molecule has 2 rings (SSSR count). The van der Waals surface area contributed by atoms with Crippen molar-refractivity contribution in [2.24, 2.45) is 0 Å². The molecule has 0 spiro atoms.